The molecular weight excluding hydrogens is 268 g/mol. The number of carbonyl (C=O) groups excluding carboxylic acids is 1. The van der Waals surface area contributed by atoms with E-state index >= 15 is 0 Å². The van der Waals surface area contributed by atoms with Crippen LogP contribution in [0.15, 0.2) is 24.3 Å². The van der Waals surface area contributed by atoms with Crippen LogP contribution in [0.1, 0.15) is 49.0 Å². The van der Waals surface area contributed by atoms with Crippen LogP contribution in [-0.4, -0.2) is 23.0 Å². The topological polar surface area (TPSA) is 92.4 Å². The van der Waals surface area contributed by atoms with Crippen molar-refractivity contribution in [2.45, 2.75) is 45.7 Å². The molecule has 1 aromatic rings. The summed E-state index contributed by atoms with van der Waals surface area (Å²) in [5.74, 6) is -1.22. The number of rotatable bonds is 8. The molecule has 0 spiro atoms. The first-order valence-corrected chi connectivity index (χ1v) is 7.26. The van der Waals surface area contributed by atoms with E-state index in [4.69, 9.17) is 10.8 Å². The van der Waals surface area contributed by atoms with Crippen molar-refractivity contribution in [1.29, 1.82) is 0 Å². The number of nitrogens with one attached hydrogen (secondary N) is 1. The van der Waals surface area contributed by atoms with Gasteiger partial charge in [0.2, 0.25) is 0 Å². The smallest absolute Gasteiger partial charge is 0.306 e. The Hall–Kier alpha value is -1.88. The average molecular weight is 292 g/mol. The highest BCUT2D eigenvalue weighted by atomic mass is 16.4. The zero-order valence-electron chi connectivity index (χ0n) is 12.6. The van der Waals surface area contributed by atoms with E-state index in [2.05, 4.69) is 5.32 Å². The molecule has 1 aromatic carbocycles. The van der Waals surface area contributed by atoms with Gasteiger partial charge in [-0.15, -0.1) is 0 Å². The Balaban J connectivity index is 2.37. The van der Waals surface area contributed by atoms with Crippen molar-refractivity contribution >= 4 is 11.9 Å². The highest BCUT2D eigenvalue weighted by Crippen LogP contribution is 2.10. The molecule has 0 aliphatic rings. The van der Waals surface area contributed by atoms with Gasteiger partial charge in [-0.1, -0.05) is 25.5 Å². The third kappa shape index (κ3) is 5.95. The van der Waals surface area contributed by atoms with Crippen molar-refractivity contribution in [3.8, 4) is 0 Å². The SMILES string of the molecule is CC(CCCC(C)C(=O)O)NC(=O)c1ccc(CN)cc1. The largest absolute Gasteiger partial charge is 0.481 e. The van der Waals surface area contributed by atoms with Crippen molar-refractivity contribution in [1.82, 2.24) is 5.32 Å². The predicted octanol–water partition coefficient (Wildman–Crippen LogP) is 2.15. The van der Waals surface area contributed by atoms with Gasteiger partial charge in [0.1, 0.15) is 0 Å². The molecule has 0 saturated heterocycles. The van der Waals surface area contributed by atoms with Gasteiger partial charge in [0, 0.05) is 18.2 Å². The second-order valence-corrected chi connectivity index (χ2v) is 5.45. The number of nitrogens with two attached hydrogens (primary N) is 1. The Labute approximate surface area is 125 Å². The fourth-order valence-corrected chi connectivity index (χ4v) is 2.03. The first kappa shape index (κ1) is 17.2. The summed E-state index contributed by atoms with van der Waals surface area (Å²) in [6.45, 7) is 4.09. The van der Waals surface area contributed by atoms with Crippen LogP contribution >= 0.6 is 0 Å². The minimum atomic E-state index is -0.772. The zero-order valence-corrected chi connectivity index (χ0v) is 12.6. The van der Waals surface area contributed by atoms with Gasteiger partial charge in [-0.05, 0) is 37.5 Å². The Kier molecular flexibility index (Phi) is 6.88. The van der Waals surface area contributed by atoms with Crippen LogP contribution in [0.25, 0.3) is 0 Å². The number of amides is 1. The first-order chi connectivity index (χ1) is 9.93. The highest BCUT2D eigenvalue weighted by molar-refractivity contribution is 5.94. The quantitative estimate of drug-likeness (QED) is 0.684. The molecule has 2 unspecified atom stereocenters. The van der Waals surface area contributed by atoms with Gasteiger partial charge in [0.25, 0.3) is 5.91 Å². The van der Waals surface area contributed by atoms with E-state index in [1.807, 2.05) is 19.1 Å². The minimum Gasteiger partial charge on any atom is -0.481 e. The third-order valence-electron chi connectivity index (χ3n) is 3.53. The summed E-state index contributed by atoms with van der Waals surface area (Å²) in [6, 6.07) is 7.23. The van der Waals surface area contributed by atoms with Gasteiger partial charge >= 0.3 is 5.97 Å². The van der Waals surface area contributed by atoms with Crippen LogP contribution in [0.5, 0.6) is 0 Å². The van der Waals surface area contributed by atoms with Gasteiger partial charge in [0.15, 0.2) is 0 Å². The molecule has 0 aliphatic carbocycles. The molecule has 1 amide bonds. The molecule has 1 rings (SSSR count). The Morgan fingerprint density at radius 3 is 2.33 bits per heavy atom. The van der Waals surface area contributed by atoms with Gasteiger partial charge in [-0.25, -0.2) is 0 Å². The lowest BCUT2D eigenvalue weighted by Gasteiger charge is -2.14. The normalized spacial score (nSPS) is 13.5. The van der Waals surface area contributed by atoms with Crippen molar-refractivity contribution in [3.63, 3.8) is 0 Å². The molecule has 0 heterocycles. The van der Waals surface area contributed by atoms with Crippen molar-refractivity contribution in [2.24, 2.45) is 11.7 Å². The number of benzene rings is 1. The van der Waals surface area contributed by atoms with Crippen LogP contribution in [0, 0.1) is 5.92 Å². The molecule has 5 heteroatoms. The fourth-order valence-electron chi connectivity index (χ4n) is 2.03. The van der Waals surface area contributed by atoms with Crippen LogP contribution in [0.3, 0.4) is 0 Å². The van der Waals surface area contributed by atoms with Gasteiger partial charge in [-0.3, -0.25) is 9.59 Å². The number of carbonyl (C=O) groups is 2. The summed E-state index contributed by atoms with van der Waals surface area (Å²) in [5.41, 5.74) is 7.11. The van der Waals surface area contributed by atoms with Gasteiger partial charge < -0.3 is 16.2 Å². The van der Waals surface area contributed by atoms with E-state index in [-0.39, 0.29) is 17.9 Å². The molecule has 0 aliphatic heterocycles. The van der Waals surface area contributed by atoms with E-state index < -0.39 is 5.97 Å². The Morgan fingerprint density at radius 2 is 1.81 bits per heavy atom. The molecule has 0 fully saturated rings. The second-order valence-electron chi connectivity index (χ2n) is 5.45. The molecule has 4 N–H and O–H groups in total. The predicted molar refractivity (Wildman–Crippen MR) is 81.9 cm³/mol. The molecule has 2 atom stereocenters. The first-order valence-electron chi connectivity index (χ1n) is 7.26. The summed E-state index contributed by atoms with van der Waals surface area (Å²) < 4.78 is 0. The van der Waals surface area contributed by atoms with Crippen LogP contribution < -0.4 is 11.1 Å². The molecule has 21 heavy (non-hydrogen) atoms. The summed E-state index contributed by atoms with van der Waals surface area (Å²) in [5, 5.41) is 11.7. The average Bonchev–Trinajstić information content (AvgIpc) is 2.46. The van der Waals surface area contributed by atoms with Crippen molar-refractivity contribution in [2.75, 3.05) is 0 Å². The fraction of sp³-hybridized carbons (Fsp3) is 0.500. The second kappa shape index (κ2) is 8.42. The minimum absolute atomic E-state index is 0.0210. The molecular formula is C16H24N2O3. The maximum Gasteiger partial charge on any atom is 0.306 e. The molecule has 0 radical (unpaired) electrons. The van der Waals surface area contributed by atoms with Crippen LogP contribution in [0.2, 0.25) is 0 Å². The van der Waals surface area contributed by atoms with Gasteiger partial charge in [0.05, 0.1) is 5.92 Å². The maximum atomic E-state index is 12.0. The summed E-state index contributed by atoms with van der Waals surface area (Å²) >= 11 is 0. The van der Waals surface area contributed by atoms with Crippen molar-refractivity contribution < 1.29 is 14.7 Å². The number of carboxylic acid groups (broad SMARTS) is 1. The summed E-state index contributed by atoms with van der Waals surface area (Å²) in [4.78, 5) is 22.7. The van der Waals surface area contributed by atoms with E-state index in [0.29, 0.717) is 18.5 Å². The van der Waals surface area contributed by atoms with Crippen LogP contribution in [0.4, 0.5) is 0 Å². The van der Waals surface area contributed by atoms with E-state index in [0.717, 1.165) is 18.4 Å². The van der Waals surface area contributed by atoms with E-state index in [1.165, 1.54) is 0 Å². The maximum absolute atomic E-state index is 12.0. The Morgan fingerprint density at radius 1 is 1.19 bits per heavy atom. The van der Waals surface area contributed by atoms with E-state index in [9.17, 15) is 9.59 Å². The highest BCUT2D eigenvalue weighted by Gasteiger charge is 2.13. The number of hydrogen-bond donors (Lipinski definition) is 3. The zero-order chi connectivity index (χ0) is 15.8. The van der Waals surface area contributed by atoms with Crippen LogP contribution in [-0.2, 0) is 11.3 Å². The number of aliphatic carboxylic acids is 1. The third-order valence-corrected chi connectivity index (χ3v) is 3.53. The Bertz CT molecular complexity index is 471. The lowest BCUT2D eigenvalue weighted by molar-refractivity contribution is -0.141. The molecule has 0 aromatic heterocycles. The summed E-state index contributed by atoms with van der Waals surface area (Å²) in [6.07, 6.45) is 2.17. The van der Waals surface area contributed by atoms with Gasteiger partial charge in [-0.2, -0.15) is 0 Å². The standard InChI is InChI=1S/C16H24N2O3/c1-11(16(20)21)4-3-5-12(2)18-15(19)14-8-6-13(10-17)7-9-14/h6-9,11-12H,3-5,10,17H2,1-2H3,(H,18,19)(H,20,21). The monoisotopic (exact) mass is 292 g/mol. The number of hydrogen-bond acceptors (Lipinski definition) is 3. The van der Waals surface area contributed by atoms with E-state index in [1.54, 1.807) is 19.1 Å². The molecule has 0 saturated carbocycles. The lowest BCUT2D eigenvalue weighted by Crippen LogP contribution is -2.32. The molecule has 116 valence electrons. The lowest BCUT2D eigenvalue weighted by atomic mass is 10.0. The molecule has 5 nitrogen and oxygen atoms in total. The summed E-state index contributed by atoms with van der Waals surface area (Å²) in [7, 11) is 0. The van der Waals surface area contributed by atoms with Crippen molar-refractivity contribution in [3.05, 3.63) is 35.4 Å². The number of carboxylic acids is 1. The molecule has 0 bridgehead atoms.